The molecule has 0 atom stereocenters. The first-order chi connectivity index (χ1) is 8.85. The van der Waals surface area contributed by atoms with Crippen molar-refractivity contribution in [3.8, 4) is 5.75 Å². The highest BCUT2D eigenvalue weighted by Gasteiger charge is 2.11. The molecule has 0 fully saturated rings. The highest BCUT2D eigenvalue weighted by atomic mass is 32.1. The van der Waals surface area contributed by atoms with Gasteiger partial charge in [0.1, 0.15) is 12.4 Å². The Morgan fingerprint density at radius 3 is 3.00 bits per heavy atom. The number of ether oxygens (including phenoxy) is 1. The number of rotatable bonds is 4. The minimum Gasteiger partial charge on any atom is -0.486 e. The van der Waals surface area contributed by atoms with E-state index in [0.717, 1.165) is 15.9 Å². The van der Waals surface area contributed by atoms with Crippen LogP contribution in [0, 0.1) is 0 Å². The lowest BCUT2D eigenvalue weighted by Gasteiger charge is -2.06. The van der Waals surface area contributed by atoms with Crippen LogP contribution in [-0.2, 0) is 19.4 Å². The van der Waals surface area contributed by atoms with E-state index < -0.39 is 0 Å². The summed E-state index contributed by atoms with van der Waals surface area (Å²) in [7, 11) is 1.84. The normalized spacial score (nSPS) is 13.4. The molecule has 18 heavy (non-hydrogen) atoms. The number of aryl methyl sites for hydroxylation is 2. The molecule has 1 aromatic heterocycles. The van der Waals surface area contributed by atoms with Crippen molar-refractivity contribution in [1.29, 1.82) is 0 Å². The number of nitrogens with one attached hydrogen (secondary N) is 1. The van der Waals surface area contributed by atoms with Crippen LogP contribution in [0.25, 0.3) is 0 Å². The second-order valence-corrected chi connectivity index (χ2v) is 5.39. The Labute approximate surface area is 110 Å². The van der Waals surface area contributed by atoms with Crippen molar-refractivity contribution in [2.75, 3.05) is 12.4 Å². The summed E-state index contributed by atoms with van der Waals surface area (Å²) in [5.41, 5.74) is 2.90. The highest BCUT2D eigenvalue weighted by molar-refractivity contribution is 7.15. The van der Waals surface area contributed by atoms with Gasteiger partial charge in [0.25, 0.3) is 0 Å². The largest absolute Gasteiger partial charge is 0.486 e. The van der Waals surface area contributed by atoms with E-state index in [2.05, 4.69) is 27.6 Å². The minimum absolute atomic E-state index is 0.484. The van der Waals surface area contributed by atoms with Gasteiger partial charge in [0.05, 0.1) is 0 Å². The lowest BCUT2D eigenvalue weighted by atomic mass is 10.1. The molecule has 0 aliphatic heterocycles. The maximum Gasteiger partial charge on any atom is 0.205 e. The van der Waals surface area contributed by atoms with E-state index in [1.165, 1.54) is 41.7 Å². The molecule has 0 bridgehead atoms. The predicted molar refractivity (Wildman–Crippen MR) is 72.3 cm³/mol. The fourth-order valence-electron chi connectivity index (χ4n) is 2.20. The van der Waals surface area contributed by atoms with Gasteiger partial charge in [-0.15, -0.1) is 10.2 Å². The van der Waals surface area contributed by atoms with E-state index in [1.54, 1.807) is 0 Å². The molecule has 1 aliphatic rings. The predicted octanol–water partition coefficient (Wildman–Crippen LogP) is 2.65. The molecule has 3 rings (SSSR count). The second kappa shape index (κ2) is 4.94. The third kappa shape index (κ3) is 2.31. The van der Waals surface area contributed by atoms with E-state index in [4.69, 9.17) is 4.74 Å². The standard InChI is InChI=1S/C13H15N3OS/c1-14-13-16-15-12(18-13)8-17-11-6-5-9-3-2-4-10(9)7-11/h5-7H,2-4,8H2,1H3,(H,14,16). The molecule has 0 amide bonds. The zero-order valence-corrected chi connectivity index (χ0v) is 11.1. The van der Waals surface area contributed by atoms with Crippen molar-refractivity contribution >= 4 is 16.5 Å². The second-order valence-electron chi connectivity index (χ2n) is 4.32. The van der Waals surface area contributed by atoms with Crippen molar-refractivity contribution in [2.45, 2.75) is 25.9 Å². The zero-order chi connectivity index (χ0) is 12.4. The number of aromatic nitrogens is 2. The Bertz CT molecular complexity index is 553. The molecule has 94 valence electrons. The monoisotopic (exact) mass is 261 g/mol. The van der Waals surface area contributed by atoms with Crippen LogP contribution in [0.15, 0.2) is 18.2 Å². The summed E-state index contributed by atoms with van der Waals surface area (Å²) in [6.07, 6.45) is 3.65. The number of benzene rings is 1. The lowest BCUT2D eigenvalue weighted by molar-refractivity contribution is 0.304. The molecule has 1 aliphatic carbocycles. The van der Waals surface area contributed by atoms with Gasteiger partial charge in [-0.05, 0) is 42.5 Å². The van der Waals surface area contributed by atoms with E-state index in [1.807, 2.05) is 13.1 Å². The maximum atomic E-state index is 5.76. The van der Waals surface area contributed by atoms with E-state index in [9.17, 15) is 0 Å². The van der Waals surface area contributed by atoms with Gasteiger partial charge in [-0.3, -0.25) is 0 Å². The fourth-order valence-corrected chi connectivity index (χ4v) is 2.80. The van der Waals surface area contributed by atoms with Gasteiger partial charge >= 0.3 is 0 Å². The van der Waals surface area contributed by atoms with E-state index >= 15 is 0 Å². The Balaban J connectivity index is 1.66. The van der Waals surface area contributed by atoms with Crippen molar-refractivity contribution in [3.63, 3.8) is 0 Å². The van der Waals surface area contributed by atoms with E-state index in [0.29, 0.717) is 6.61 Å². The maximum absolute atomic E-state index is 5.76. The number of hydrogen-bond acceptors (Lipinski definition) is 5. The summed E-state index contributed by atoms with van der Waals surface area (Å²) < 4.78 is 5.76. The molecular formula is C13H15N3OS. The van der Waals surface area contributed by atoms with Crippen LogP contribution in [0.3, 0.4) is 0 Å². The van der Waals surface area contributed by atoms with Crippen LogP contribution in [0.2, 0.25) is 0 Å². The summed E-state index contributed by atoms with van der Waals surface area (Å²) in [6.45, 7) is 0.484. The molecule has 0 unspecified atom stereocenters. The van der Waals surface area contributed by atoms with Gasteiger partial charge in [0.2, 0.25) is 5.13 Å². The quantitative estimate of drug-likeness (QED) is 0.919. The van der Waals surface area contributed by atoms with Gasteiger partial charge in [0, 0.05) is 7.05 Å². The molecule has 1 aromatic carbocycles. The first-order valence-corrected chi connectivity index (χ1v) is 6.91. The molecule has 0 spiro atoms. The number of nitrogens with zero attached hydrogens (tertiary/aromatic N) is 2. The minimum atomic E-state index is 0.484. The first-order valence-electron chi connectivity index (χ1n) is 6.10. The number of fused-ring (bicyclic) bond motifs is 1. The van der Waals surface area contributed by atoms with E-state index in [-0.39, 0.29) is 0 Å². The van der Waals surface area contributed by atoms with Crippen LogP contribution in [0.4, 0.5) is 5.13 Å². The first kappa shape index (κ1) is 11.5. The summed E-state index contributed by atoms with van der Waals surface area (Å²) in [6, 6.07) is 6.38. The third-order valence-electron chi connectivity index (χ3n) is 3.11. The molecule has 1 heterocycles. The van der Waals surface area contributed by atoms with Gasteiger partial charge in [0.15, 0.2) is 5.01 Å². The Morgan fingerprint density at radius 2 is 2.17 bits per heavy atom. The van der Waals surface area contributed by atoms with Crippen molar-refractivity contribution < 1.29 is 4.74 Å². The molecule has 0 radical (unpaired) electrons. The molecule has 2 aromatic rings. The average Bonchev–Trinajstić information content (AvgIpc) is 3.04. The van der Waals surface area contributed by atoms with Gasteiger partial charge < -0.3 is 10.1 Å². The molecular weight excluding hydrogens is 246 g/mol. The highest BCUT2D eigenvalue weighted by Crippen LogP contribution is 2.26. The Morgan fingerprint density at radius 1 is 1.28 bits per heavy atom. The molecule has 0 saturated carbocycles. The summed E-state index contributed by atoms with van der Waals surface area (Å²) in [5, 5.41) is 12.7. The van der Waals surface area contributed by atoms with Gasteiger partial charge in [-0.25, -0.2) is 0 Å². The van der Waals surface area contributed by atoms with Gasteiger partial charge in [-0.2, -0.15) is 0 Å². The summed E-state index contributed by atoms with van der Waals surface area (Å²) in [5.74, 6) is 0.928. The molecule has 4 nitrogen and oxygen atoms in total. The lowest BCUT2D eigenvalue weighted by Crippen LogP contribution is -1.95. The van der Waals surface area contributed by atoms with Crippen molar-refractivity contribution in [1.82, 2.24) is 10.2 Å². The topological polar surface area (TPSA) is 47.0 Å². The molecule has 1 N–H and O–H groups in total. The molecule has 5 heteroatoms. The number of anilines is 1. The zero-order valence-electron chi connectivity index (χ0n) is 10.3. The van der Waals surface area contributed by atoms with Crippen LogP contribution in [0.1, 0.15) is 22.6 Å². The Hall–Kier alpha value is -1.62. The summed E-state index contributed by atoms with van der Waals surface area (Å²) >= 11 is 1.52. The SMILES string of the molecule is CNc1nnc(COc2ccc3c(c2)CCC3)s1. The van der Waals surface area contributed by atoms with Gasteiger partial charge in [-0.1, -0.05) is 17.4 Å². The van der Waals surface area contributed by atoms with Crippen LogP contribution >= 0.6 is 11.3 Å². The smallest absolute Gasteiger partial charge is 0.205 e. The fraction of sp³-hybridized carbons (Fsp3) is 0.385. The summed E-state index contributed by atoms with van der Waals surface area (Å²) in [4.78, 5) is 0. The van der Waals surface area contributed by atoms with Crippen molar-refractivity contribution in [2.24, 2.45) is 0 Å². The number of hydrogen-bond donors (Lipinski definition) is 1. The molecule has 0 saturated heterocycles. The average molecular weight is 261 g/mol. The Kier molecular flexibility index (Phi) is 3.15. The van der Waals surface area contributed by atoms with Crippen molar-refractivity contribution in [3.05, 3.63) is 34.3 Å². The van der Waals surface area contributed by atoms with Crippen LogP contribution in [-0.4, -0.2) is 17.2 Å². The third-order valence-corrected chi connectivity index (χ3v) is 4.03. The van der Waals surface area contributed by atoms with Crippen LogP contribution in [0.5, 0.6) is 5.75 Å². The van der Waals surface area contributed by atoms with Crippen LogP contribution < -0.4 is 10.1 Å².